The molecule has 0 radical (unpaired) electrons. The van der Waals surface area contributed by atoms with Crippen molar-refractivity contribution in [3.8, 4) is 5.82 Å². The summed E-state index contributed by atoms with van der Waals surface area (Å²) >= 11 is 6.13. The average molecular weight is 453 g/mol. The van der Waals surface area contributed by atoms with Crippen LogP contribution in [0.5, 0.6) is 0 Å². The maximum absolute atomic E-state index is 13.2. The number of benzene rings is 1. The number of carbonyl (C=O) groups is 1. The Balaban J connectivity index is 1.19. The number of amides is 1. The van der Waals surface area contributed by atoms with Gasteiger partial charge in [-0.15, -0.1) is 10.2 Å². The zero-order valence-corrected chi connectivity index (χ0v) is 18.5. The molecule has 2 aliphatic rings. The first-order valence-electron chi connectivity index (χ1n) is 10.9. The van der Waals surface area contributed by atoms with Crippen molar-refractivity contribution >= 4 is 29.0 Å². The molecule has 0 bridgehead atoms. The number of aromatic nitrogens is 5. The Morgan fingerprint density at radius 1 is 0.969 bits per heavy atom. The summed E-state index contributed by atoms with van der Waals surface area (Å²) in [7, 11) is 0. The summed E-state index contributed by atoms with van der Waals surface area (Å²) in [6.07, 6.45) is 4.93. The predicted molar refractivity (Wildman–Crippen MR) is 122 cm³/mol. The number of rotatable bonds is 4. The van der Waals surface area contributed by atoms with Crippen molar-refractivity contribution in [2.45, 2.75) is 12.8 Å². The second-order valence-corrected chi connectivity index (χ2v) is 8.60. The predicted octanol–water partition coefficient (Wildman–Crippen LogP) is 2.28. The SMILES string of the molecule is O=C(C1CCCN(c2ccc(-n3cncn3)nn2)C1)N1CCN(c2cccc(Cl)c2)CC1. The molecule has 0 spiro atoms. The molecule has 0 aliphatic carbocycles. The van der Waals surface area contributed by atoms with E-state index in [2.05, 4.69) is 36.1 Å². The molecule has 2 fully saturated rings. The molecule has 4 heterocycles. The Labute approximate surface area is 191 Å². The Kier molecular flexibility index (Phi) is 5.89. The van der Waals surface area contributed by atoms with E-state index in [0.717, 1.165) is 62.1 Å². The molecule has 2 aliphatic heterocycles. The van der Waals surface area contributed by atoms with Gasteiger partial charge in [0.05, 0.1) is 5.92 Å². The van der Waals surface area contributed by atoms with Crippen LogP contribution in [-0.4, -0.2) is 75.0 Å². The van der Waals surface area contributed by atoms with E-state index in [-0.39, 0.29) is 11.8 Å². The summed E-state index contributed by atoms with van der Waals surface area (Å²) in [4.78, 5) is 23.6. The van der Waals surface area contributed by atoms with Crippen LogP contribution in [0.1, 0.15) is 12.8 Å². The lowest BCUT2D eigenvalue weighted by Crippen LogP contribution is -2.52. The van der Waals surface area contributed by atoms with Gasteiger partial charge in [0.2, 0.25) is 5.91 Å². The minimum absolute atomic E-state index is 0.0155. The van der Waals surface area contributed by atoms with E-state index in [4.69, 9.17) is 11.6 Å². The minimum atomic E-state index is -0.0155. The van der Waals surface area contributed by atoms with Crippen molar-refractivity contribution < 1.29 is 4.79 Å². The summed E-state index contributed by atoms with van der Waals surface area (Å²) in [5.74, 6) is 1.64. The van der Waals surface area contributed by atoms with Crippen LogP contribution in [0.4, 0.5) is 11.5 Å². The Morgan fingerprint density at radius 2 is 1.78 bits per heavy atom. The lowest BCUT2D eigenvalue weighted by atomic mass is 9.96. The first-order chi connectivity index (χ1) is 15.7. The van der Waals surface area contributed by atoms with Gasteiger partial charge in [-0.2, -0.15) is 5.10 Å². The van der Waals surface area contributed by atoms with E-state index in [9.17, 15) is 4.79 Å². The van der Waals surface area contributed by atoms with E-state index >= 15 is 0 Å². The van der Waals surface area contributed by atoms with Crippen molar-refractivity contribution in [3.63, 3.8) is 0 Å². The summed E-state index contributed by atoms with van der Waals surface area (Å²) in [6.45, 7) is 4.65. The normalized spacial score (nSPS) is 19.3. The molecular weight excluding hydrogens is 428 g/mol. The number of piperazine rings is 1. The zero-order chi connectivity index (χ0) is 21.9. The van der Waals surface area contributed by atoms with Crippen molar-refractivity contribution in [1.29, 1.82) is 0 Å². The highest BCUT2D eigenvalue weighted by atomic mass is 35.5. The molecule has 5 rings (SSSR count). The van der Waals surface area contributed by atoms with Gasteiger partial charge in [0.1, 0.15) is 12.7 Å². The van der Waals surface area contributed by atoms with E-state index in [1.165, 1.54) is 6.33 Å². The third-order valence-electron chi connectivity index (χ3n) is 6.15. The van der Waals surface area contributed by atoms with Gasteiger partial charge in [0, 0.05) is 50.0 Å². The number of halogens is 1. The first-order valence-corrected chi connectivity index (χ1v) is 11.3. The third-order valence-corrected chi connectivity index (χ3v) is 6.38. The van der Waals surface area contributed by atoms with Crippen LogP contribution < -0.4 is 9.80 Å². The quantitative estimate of drug-likeness (QED) is 0.600. The van der Waals surface area contributed by atoms with Gasteiger partial charge in [-0.3, -0.25) is 4.79 Å². The highest BCUT2D eigenvalue weighted by molar-refractivity contribution is 6.30. The van der Waals surface area contributed by atoms with Crippen LogP contribution in [-0.2, 0) is 4.79 Å². The second kappa shape index (κ2) is 9.12. The number of piperidine rings is 1. The monoisotopic (exact) mass is 452 g/mol. The Bertz CT molecular complexity index is 1050. The van der Waals surface area contributed by atoms with Crippen molar-refractivity contribution in [2.75, 3.05) is 49.1 Å². The summed E-state index contributed by atoms with van der Waals surface area (Å²) in [5, 5.41) is 13.4. The summed E-state index contributed by atoms with van der Waals surface area (Å²) in [6, 6.07) is 11.7. The average Bonchev–Trinajstić information content (AvgIpc) is 3.39. The molecule has 10 heteroatoms. The van der Waals surface area contributed by atoms with Crippen LogP contribution in [0, 0.1) is 5.92 Å². The van der Waals surface area contributed by atoms with Gasteiger partial charge in [-0.05, 0) is 43.2 Å². The molecule has 9 nitrogen and oxygen atoms in total. The smallest absolute Gasteiger partial charge is 0.227 e. The van der Waals surface area contributed by atoms with E-state index < -0.39 is 0 Å². The van der Waals surface area contributed by atoms with Crippen LogP contribution in [0.2, 0.25) is 5.02 Å². The molecule has 0 N–H and O–H groups in total. The van der Waals surface area contributed by atoms with Gasteiger partial charge in [0.25, 0.3) is 0 Å². The van der Waals surface area contributed by atoms with Crippen LogP contribution in [0.15, 0.2) is 49.1 Å². The maximum Gasteiger partial charge on any atom is 0.227 e. The fourth-order valence-electron chi connectivity index (χ4n) is 4.44. The molecule has 1 aromatic carbocycles. The largest absolute Gasteiger partial charge is 0.368 e. The van der Waals surface area contributed by atoms with Crippen molar-refractivity contribution in [2.24, 2.45) is 5.92 Å². The topological polar surface area (TPSA) is 83.3 Å². The summed E-state index contributed by atoms with van der Waals surface area (Å²) in [5.41, 5.74) is 1.11. The van der Waals surface area contributed by atoms with E-state index in [1.54, 1.807) is 11.0 Å². The molecule has 3 aromatic rings. The summed E-state index contributed by atoms with van der Waals surface area (Å²) < 4.78 is 1.57. The number of anilines is 2. The van der Waals surface area contributed by atoms with Gasteiger partial charge < -0.3 is 14.7 Å². The molecule has 2 aromatic heterocycles. The maximum atomic E-state index is 13.2. The fourth-order valence-corrected chi connectivity index (χ4v) is 4.62. The molecular formula is C22H25ClN8O. The minimum Gasteiger partial charge on any atom is -0.368 e. The van der Waals surface area contributed by atoms with Crippen molar-refractivity contribution in [3.05, 3.63) is 54.1 Å². The lowest BCUT2D eigenvalue weighted by Gasteiger charge is -2.40. The fraction of sp³-hybridized carbons (Fsp3) is 0.409. The number of hydrogen-bond donors (Lipinski definition) is 0. The number of carbonyl (C=O) groups excluding carboxylic acids is 1. The Hall–Kier alpha value is -3.20. The second-order valence-electron chi connectivity index (χ2n) is 8.17. The standard InChI is InChI=1S/C22H25ClN8O/c23-18-4-1-5-19(13-18)28-9-11-29(12-10-28)22(32)17-3-2-8-30(14-17)20-6-7-21(27-26-20)31-16-24-15-25-31/h1,4-7,13,15-17H,2-3,8-12,14H2. The van der Waals surface area contributed by atoms with Gasteiger partial charge in [-0.1, -0.05) is 17.7 Å². The highest BCUT2D eigenvalue weighted by Crippen LogP contribution is 2.25. The zero-order valence-electron chi connectivity index (χ0n) is 17.7. The molecule has 2 saturated heterocycles. The Morgan fingerprint density at radius 3 is 2.50 bits per heavy atom. The van der Waals surface area contributed by atoms with E-state index in [1.807, 2.05) is 35.2 Å². The van der Waals surface area contributed by atoms with Crippen molar-refractivity contribution in [1.82, 2.24) is 29.9 Å². The molecule has 1 atom stereocenters. The molecule has 166 valence electrons. The number of nitrogens with zero attached hydrogens (tertiary/aromatic N) is 8. The van der Waals surface area contributed by atoms with Crippen LogP contribution >= 0.6 is 11.6 Å². The first kappa shape index (κ1) is 20.7. The van der Waals surface area contributed by atoms with Crippen LogP contribution in [0.3, 0.4) is 0 Å². The highest BCUT2D eigenvalue weighted by Gasteiger charge is 2.31. The van der Waals surface area contributed by atoms with Gasteiger partial charge in [0.15, 0.2) is 11.6 Å². The molecule has 32 heavy (non-hydrogen) atoms. The lowest BCUT2D eigenvalue weighted by molar-refractivity contribution is -0.136. The van der Waals surface area contributed by atoms with Crippen LogP contribution in [0.25, 0.3) is 5.82 Å². The molecule has 0 saturated carbocycles. The molecule has 1 amide bonds. The number of hydrogen-bond acceptors (Lipinski definition) is 7. The van der Waals surface area contributed by atoms with E-state index in [0.29, 0.717) is 12.4 Å². The van der Waals surface area contributed by atoms with Gasteiger partial charge in [-0.25, -0.2) is 9.67 Å². The molecule has 1 unspecified atom stereocenters. The third kappa shape index (κ3) is 4.38. The van der Waals surface area contributed by atoms with Gasteiger partial charge >= 0.3 is 0 Å².